The zero-order chi connectivity index (χ0) is 21.8. The molecule has 0 atom stereocenters. The summed E-state index contributed by atoms with van der Waals surface area (Å²) < 4.78 is 5.17. The molecule has 3 aromatic carbocycles. The minimum absolute atomic E-state index is 0.184. The van der Waals surface area contributed by atoms with Gasteiger partial charge >= 0.3 is 0 Å². The number of amides is 2. The molecule has 0 radical (unpaired) electrons. The summed E-state index contributed by atoms with van der Waals surface area (Å²) in [6.07, 6.45) is 1.65. The zero-order valence-electron chi connectivity index (χ0n) is 16.6. The molecule has 0 spiro atoms. The van der Waals surface area contributed by atoms with Crippen LogP contribution in [0.25, 0.3) is 6.08 Å². The van der Waals surface area contributed by atoms with Crippen molar-refractivity contribution in [3.63, 3.8) is 0 Å². The lowest BCUT2D eigenvalue weighted by atomic mass is 10.1. The number of benzene rings is 3. The van der Waals surface area contributed by atoms with E-state index >= 15 is 0 Å². The monoisotopic (exact) mass is 431 g/mol. The van der Waals surface area contributed by atoms with Gasteiger partial charge < -0.3 is 4.74 Å². The van der Waals surface area contributed by atoms with Crippen LogP contribution in [0, 0.1) is 0 Å². The molecule has 0 saturated carbocycles. The fourth-order valence-corrected chi connectivity index (χ4v) is 3.16. The van der Waals surface area contributed by atoms with Gasteiger partial charge in [0.1, 0.15) is 11.4 Å². The van der Waals surface area contributed by atoms with Gasteiger partial charge in [-0.1, -0.05) is 54.1 Å². The van der Waals surface area contributed by atoms with E-state index in [0.29, 0.717) is 27.7 Å². The standard InChI is InChI=1S/C24H18ClN3O3/c1-31-20-13-7-16(8-14-20)15-21-23(29)27-28(22(26-21)17-5-3-2-4-6-17)24(30)18-9-11-19(25)12-10-18/h2-15H,1H3,(H,27,29)/b21-15-. The SMILES string of the molecule is COc1ccc(/C=C2\N=C(c3ccccc3)N(C(=O)c3ccc(Cl)cc3)NC2=O)cc1. The minimum Gasteiger partial charge on any atom is -0.497 e. The van der Waals surface area contributed by atoms with E-state index in [2.05, 4.69) is 10.4 Å². The van der Waals surface area contributed by atoms with Crippen molar-refractivity contribution in [3.05, 3.63) is 106 Å². The van der Waals surface area contributed by atoms with Crippen LogP contribution in [0.5, 0.6) is 5.75 Å². The molecule has 1 N–H and O–H groups in total. The normalized spacial score (nSPS) is 14.8. The van der Waals surface area contributed by atoms with Crippen molar-refractivity contribution in [1.82, 2.24) is 10.4 Å². The summed E-state index contributed by atoms with van der Waals surface area (Å²) in [5.41, 5.74) is 4.68. The predicted molar refractivity (Wildman–Crippen MR) is 120 cm³/mol. The van der Waals surface area contributed by atoms with Crippen molar-refractivity contribution in [3.8, 4) is 5.75 Å². The average molecular weight is 432 g/mol. The van der Waals surface area contributed by atoms with Crippen molar-refractivity contribution in [2.75, 3.05) is 7.11 Å². The molecule has 0 fully saturated rings. The Bertz CT molecular complexity index is 1170. The lowest BCUT2D eigenvalue weighted by Crippen LogP contribution is -2.53. The van der Waals surface area contributed by atoms with Crippen LogP contribution in [-0.4, -0.2) is 29.8 Å². The minimum atomic E-state index is -0.488. The molecule has 6 nitrogen and oxygen atoms in total. The van der Waals surface area contributed by atoms with Gasteiger partial charge in [-0.05, 0) is 48.0 Å². The van der Waals surface area contributed by atoms with Crippen molar-refractivity contribution in [2.24, 2.45) is 4.99 Å². The molecule has 0 unspecified atom stereocenters. The number of hydrogen-bond acceptors (Lipinski definition) is 4. The molecule has 0 saturated heterocycles. The van der Waals surface area contributed by atoms with Crippen molar-refractivity contribution in [1.29, 1.82) is 0 Å². The molecule has 1 heterocycles. The summed E-state index contributed by atoms with van der Waals surface area (Å²) in [4.78, 5) is 30.4. The lowest BCUT2D eigenvalue weighted by Gasteiger charge is -2.28. The summed E-state index contributed by atoms with van der Waals surface area (Å²) in [7, 11) is 1.59. The van der Waals surface area contributed by atoms with Gasteiger partial charge in [-0.2, -0.15) is 5.01 Å². The first-order valence-corrected chi connectivity index (χ1v) is 9.84. The third-order valence-electron chi connectivity index (χ3n) is 4.63. The first-order chi connectivity index (χ1) is 15.0. The Kier molecular flexibility index (Phi) is 5.82. The van der Waals surface area contributed by atoms with E-state index < -0.39 is 11.8 Å². The van der Waals surface area contributed by atoms with Crippen LogP contribution in [0.3, 0.4) is 0 Å². The van der Waals surface area contributed by atoms with Gasteiger partial charge in [0.25, 0.3) is 11.8 Å². The molecule has 1 aliphatic rings. The second kappa shape index (κ2) is 8.85. The molecule has 4 rings (SSSR count). The molecular weight excluding hydrogens is 414 g/mol. The largest absolute Gasteiger partial charge is 0.497 e. The zero-order valence-corrected chi connectivity index (χ0v) is 17.3. The summed E-state index contributed by atoms with van der Waals surface area (Å²) in [5, 5.41) is 1.67. The highest BCUT2D eigenvalue weighted by molar-refractivity contribution is 6.30. The van der Waals surface area contributed by atoms with Gasteiger partial charge in [0.05, 0.1) is 7.11 Å². The van der Waals surface area contributed by atoms with E-state index in [0.717, 1.165) is 10.6 Å². The topological polar surface area (TPSA) is 71.0 Å². The lowest BCUT2D eigenvalue weighted by molar-refractivity contribution is -0.120. The van der Waals surface area contributed by atoms with E-state index in [1.165, 1.54) is 0 Å². The maximum absolute atomic E-state index is 13.1. The third-order valence-corrected chi connectivity index (χ3v) is 4.88. The fraction of sp³-hybridized carbons (Fsp3) is 0.0417. The van der Waals surface area contributed by atoms with Crippen LogP contribution in [0.2, 0.25) is 5.02 Å². The molecule has 3 aromatic rings. The number of nitrogens with one attached hydrogen (secondary N) is 1. The highest BCUT2D eigenvalue weighted by atomic mass is 35.5. The Morgan fingerprint density at radius 2 is 1.68 bits per heavy atom. The molecule has 1 aliphatic heterocycles. The average Bonchev–Trinajstić information content (AvgIpc) is 2.81. The second-order valence-corrected chi connectivity index (χ2v) is 7.13. The molecule has 0 aromatic heterocycles. The Morgan fingerprint density at radius 1 is 1.00 bits per heavy atom. The van der Waals surface area contributed by atoms with Crippen LogP contribution in [0.1, 0.15) is 21.5 Å². The van der Waals surface area contributed by atoms with E-state index in [1.807, 2.05) is 42.5 Å². The molecule has 2 amide bonds. The predicted octanol–water partition coefficient (Wildman–Crippen LogP) is 4.32. The van der Waals surface area contributed by atoms with E-state index in [1.54, 1.807) is 49.6 Å². The number of carbonyl (C=O) groups is 2. The summed E-state index contributed by atoms with van der Waals surface area (Å²) in [6, 6.07) is 22.9. The van der Waals surface area contributed by atoms with Crippen molar-refractivity contribution in [2.45, 2.75) is 0 Å². The highest BCUT2D eigenvalue weighted by Gasteiger charge is 2.30. The number of nitrogens with zero attached hydrogens (tertiary/aromatic N) is 2. The number of rotatable bonds is 4. The Balaban J connectivity index is 1.75. The molecule has 0 bridgehead atoms. The van der Waals surface area contributed by atoms with Crippen LogP contribution in [-0.2, 0) is 4.79 Å². The fourth-order valence-electron chi connectivity index (χ4n) is 3.03. The van der Waals surface area contributed by atoms with Crippen molar-refractivity contribution < 1.29 is 14.3 Å². The number of amidine groups is 1. The van der Waals surface area contributed by atoms with E-state index in [9.17, 15) is 9.59 Å². The molecule has 31 heavy (non-hydrogen) atoms. The van der Waals surface area contributed by atoms with Gasteiger partial charge in [-0.3, -0.25) is 15.0 Å². The summed E-state index contributed by atoms with van der Waals surface area (Å²) in [6.45, 7) is 0. The highest BCUT2D eigenvalue weighted by Crippen LogP contribution is 2.20. The quantitative estimate of drug-likeness (QED) is 0.625. The molecule has 0 aliphatic carbocycles. The number of carbonyl (C=O) groups excluding carboxylic acids is 2. The summed E-state index contributed by atoms with van der Waals surface area (Å²) >= 11 is 5.93. The van der Waals surface area contributed by atoms with Gasteiger partial charge in [0.2, 0.25) is 0 Å². The first-order valence-electron chi connectivity index (χ1n) is 9.46. The first kappa shape index (κ1) is 20.4. The number of methoxy groups -OCH3 is 1. The Hall–Kier alpha value is -3.90. The van der Waals surface area contributed by atoms with E-state index in [-0.39, 0.29) is 5.70 Å². The van der Waals surface area contributed by atoms with Gasteiger partial charge in [0.15, 0.2) is 5.84 Å². The molecule has 7 heteroatoms. The smallest absolute Gasteiger partial charge is 0.288 e. The Morgan fingerprint density at radius 3 is 2.32 bits per heavy atom. The number of hydrogen-bond donors (Lipinski definition) is 1. The van der Waals surface area contributed by atoms with Gasteiger partial charge in [0, 0.05) is 16.1 Å². The second-order valence-electron chi connectivity index (χ2n) is 6.69. The number of hydrazine groups is 1. The van der Waals surface area contributed by atoms with Crippen LogP contribution in [0.4, 0.5) is 0 Å². The van der Waals surface area contributed by atoms with E-state index in [4.69, 9.17) is 16.3 Å². The molecule has 154 valence electrons. The number of ether oxygens (including phenoxy) is 1. The number of aliphatic imine (C=N–C) groups is 1. The molecular formula is C24H18ClN3O3. The number of halogens is 1. The van der Waals surface area contributed by atoms with Crippen LogP contribution < -0.4 is 10.2 Å². The maximum atomic E-state index is 13.1. The van der Waals surface area contributed by atoms with Crippen LogP contribution >= 0.6 is 11.6 Å². The van der Waals surface area contributed by atoms with Gasteiger partial charge in [-0.25, -0.2) is 4.99 Å². The van der Waals surface area contributed by atoms with Crippen LogP contribution in [0.15, 0.2) is 89.6 Å². The maximum Gasteiger partial charge on any atom is 0.288 e. The Labute approximate surface area is 184 Å². The van der Waals surface area contributed by atoms with Crippen molar-refractivity contribution >= 4 is 35.3 Å². The summed E-state index contributed by atoms with van der Waals surface area (Å²) in [5.74, 6) is 0.122. The third kappa shape index (κ3) is 4.49. The van der Waals surface area contributed by atoms with Gasteiger partial charge in [-0.15, -0.1) is 0 Å².